The van der Waals surface area contributed by atoms with Crippen molar-refractivity contribution in [1.29, 1.82) is 0 Å². The van der Waals surface area contributed by atoms with E-state index in [1.165, 1.54) is 24.8 Å². The second-order valence-corrected chi connectivity index (χ2v) is 9.21. The Kier molecular flexibility index (Phi) is 6.58. The molecule has 2 heterocycles. The summed E-state index contributed by atoms with van der Waals surface area (Å²) >= 11 is 1.58. The summed E-state index contributed by atoms with van der Waals surface area (Å²) in [7, 11) is 0. The molecular formula is C21H30N4OS. The summed E-state index contributed by atoms with van der Waals surface area (Å²) in [6.07, 6.45) is 5.40. The van der Waals surface area contributed by atoms with E-state index in [-0.39, 0.29) is 11.3 Å². The van der Waals surface area contributed by atoms with Crippen LogP contribution in [0.5, 0.6) is 0 Å². The molecule has 1 aromatic carbocycles. The number of nitrogens with one attached hydrogen (secondary N) is 1. The van der Waals surface area contributed by atoms with Gasteiger partial charge in [-0.2, -0.15) is 0 Å². The van der Waals surface area contributed by atoms with Crippen LogP contribution in [0.15, 0.2) is 29.2 Å². The van der Waals surface area contributed by atoms with Gasteiger partial charge in [0, 0.05) is 30.8 Å². The molecule has 3 rings (SSSR count). The molecule has 1 amide bonds. The summed E-state index contributed by atoms with van der Waals surface area (Å²) in [6.45, 7) is 8.23. The molecule has 1 aliphatic rings. The molecule has 0 fully saturated rings. The lowest BCUT2D eigenvalue weighted by Gasteiger charge is -2.19. The third-order valence-corrected chi connectivity index (χ3v) is 5.96. The Balaban J connectivity index is 1.42. The maximum absolute atomic E-state index is 12.1. The summed E-state index contributed by atoms with van der Waals surface area (Å²) < 4.78 is 2.24. The zero-order chi connectivity index (χ0) is 19.3. The molecule has 0 spiro atoms. The van der Waals surface area contributed by atoms with Gasteiger partial charge in [-0.1, -0.05) is 39.3 Å². The van der Waals surface area contributed by atoms with Crippen molar-refractivity contribution in [3.8, 4) is 0 Å². The first-order valence-corrected chi connectivity index (χ1v) is 10.8. The summed E-state index contributed by atoms with van der Waals surface area (Å²) in [4.78, 5) is 13.3. The fraction of sp³-hybridized carbons (Fsp3) is 0.571. The summed E-state index contributed by atoms with van der Waals surface area (Å²) in [6, 6.07) is 8.50. The van der Waals surface area contributed by atoms with Gasteiger partial charge in [-0.15, -0.1) is 22.0 Å². The van der Waals surface area contributed by atoms with Crippen LogP contribution in [-0.2, 0) is 29.6 Å². The molecule has 146 valence electrons. The van der Waals surface area contributed by atoms with Gasteiger partial charge < -0.3 is 9.88 Å². The number of hydrogen-bond donors (Lipinski definition) is 1. The second kappa shape index (κ2) is 8.91. The van der Waals surface area contributed by atoms with Crippen LogP contribution in [0.1, 0.15) is 57.2 Å². The van der Waals surface area contributed by atoms with Crippen molar-refractivity contribution in [2.24, 2.45) is 0 Å². The SMILES string of the molecule is CC(C)(C)c1ccc(SCC(=O)NCCc2nnc3n2CCCCC3)cc1. The number of amides is 1. The molecule has 0 radical (unpaired) electrons. The standard InChI is InChI=1S/C21H30N4OS/c1-21(2,3)16-8-10-17(11-9-16)27-15-20(26)22-13-12-19-24-23-18-7-5-4-6-14-25(18)19/h8-11H,4-7,12-15H2,1-3H3,(H,22,26). The van der Waals surface area contributed by atoms with E-state index in [9.17, 15) is 4.79 Å². The number of hydrogen-bond acceptors (Lipinski definition) is 4. The van der Waals surface area contributed by atoms with E-state index in [1.54, 1.807) is 11.8 Å². The Bertz CT molecular complexity index is 761. The smallest absolute Gasteiger partial charge is 0.230 e. The zero-order valence-electron chi connectivity index (χ0n) is 16.6. The van der Waals surface area contributed by atoms with Gasteiger partial charge in [0.1, 0.15) is 11.6 Å². The van der Waals surface area contributed by atoms with Crippen LogP contribution >= 0.6 is 11.8 Å². The topological polar surface area (TPSA) is 59.8 Å². The highest BCUT2D eigenvalue weighted by Crippen LogP contribution is 2.25. The quantitative estimate of drug-likeness (QED) is 0.768. The minimum Gasteiger partial charge on any atom is -0.355 e. The van der Waals surface area contributed by atoms with Crippen LogP contribution in [-0.4, -0.2) is 33.0 Å². The highest BCUT2D eigenvalue weighted by Gasteiger charge is 2.15. The van der Waals surface area contributed by atoms with Gasteiger partial charge in [0.2, 0.25) is 5.91 Å². The molecule has 0 aliphatic carbocycles. The fourth-order valence-corrected chi connectivity index (χ4v) is 4.02. The van der Waals surface area contributed by atoms with E-state index < -0.39 is 0 Å². The Hall–Kier alpha value is -1.82. The van der Waals surface area contributed by atoms with Gasteiger partial charge in [-0.25, -0.2) is 0 Å². The van der Waals surface area contributed by atoms with E-state index in [0.29, 0.717) is 12.3 Å². The van der Waals surface area contributed by atoms with E-state index in [0.717, 1.165) is 35.9 Å². The van der Waals surface area contributed by atoms with Gasteiger partial charge in [0.05, 0.1) is 5.75 Å². The van der Waals surface area contributed by atoms with Crippen molar-refractivity contribution in [3.05, 3.63) is 41.5 Å². The molecule has 0 atom stereocenters. The summed E-state index contributed by atoms with van der Waals surface area (Å²) in [5.74, 6) is 2.60. The molecule has 27 heavy (non-hydrogen) atoms. The number of benzene rings is 1. The molecule has 0 saturated heterocycles. The van der Waals surface area contributed by atoms with Crippen LogP contribution < -0.4 is 5.32 Å². The summed E-state index contributed by atoms with van der Waals surface area (Å²) in [5, 5.41) is 11.6. The first-order valence-electron chi connectivity index (χ1n) is 9.84. The highest BCUT2D eigenvalue weighted by molar-refractivity contribution is 8.00. The van der Waals surface area contributed by atoms with Crippen LogP contribution in [0.2, 0.25) is 0 Å². The zero-order valence-corrected chi connectivity index (χ0v) is 17.4. The van der Waals surface area contributed by atoms with Crippen LogP contribution in [0, 0.1) is 0 Å². The Labute approximate surface area is 166 Å². The minimum absolute atomic E-state index is 0.0653. The second-order valence-electron chi connectivity index (χ2n) is 8.16. The lowest BCUT2D eigenvalue weighted by atomic mass is 9.87. The Morgan fingerprint density at radius 2 is 1.93 bits per heavy atom. The van der Waals surface area contributed by atoms with E-state index >= 15 is 0 Å². The van der Waals surface area contributed by atoms with Gasteiger partial charge in [0.15, 0.2) is 0 Å². The third-order valence-electron chi connectivity index (χ3n) is 4.95. The van der Waals surface area contributed by atoms with Crippen molar-refractivity contribution < 1.29 is 4.79 Å². The van der Waals surface area contributed by atoms with Gasteiger partial charge in [-0.3, -0.25) is 4.79 Å². The van der Waals surface area contributed by atoms with Crippen LogP contribution in [0.4, 0.5) is 0 Å². The maximum Gasteiger partial charge on any atom is 0.230 e. The van der Waals surface area contributed by atoms with Crippen LogP contribution in [0.3, 0.4) is 0 Å². The molecule has 1 N–H and O–H groups in total. The van der Waals surface area contributed by atoms with Crippen molar-refractivity contribution in [1.82, 2.24) is 20.1 Å². The first-order chi connectivity index (χ1) is 12.9. The molecule has 5 nitrogen and oxygen atoms in total. The Morgan fingerprint density at radius 3 is 2.67 bits per heavy atom. The monoisotopic (exact) mass is 386 g/mol. The van der Waals surface area contributed by atoms with E-state index in [1.807, 2.05) is 0 Å². The van der Waals surface area contributed by atoms with Crippen LogP contribution in [0.25, 0.3) is 0 Å². The Morgan fingerprint density at radius 1 is 1.15 bits per heavy atom. The minimum atomic E-state index is 0.0653. The number of aromatic nitrogens is 3. The molecular weight excluding hydrogens is 356 g/mol. The highest BCUT2D eigenvalue weighted by atomic mass is 32.2. The largest absolute Gasteiger partial charge is 0.355 e. The van der Waals surface area contributed by atoms with Crippen molar-refractivity contribution >= 4 is 17.7 Å². The molecule has 0 bridgehead atoms. The fourth-order valence-electron chi connectivity index (χ4n) is 3.30. The average molecular weight is 387 g/mol. The van der Waals surface area contributed by atoms with Gasteiger partial charge in [0.25, 0.3) is 0 Å². The normalized spacial score (nSPS) is 14.5. The van der Waals surface area contributed by atoms with E-state index in [2.05, 4.69) is 65.1 Å². The molecule has 0 saturated carbocycles. The van der Waals surface area contributed by atoms with Gasteiger partial charge >= 0.3 is 0 Å². The predicted octanol–water partition coefficient (Wildman–Crippen LogP) is 3.75. The summed E-state index contributed by atoms with van der Waals surface area (Å²) in [5.41, 5.74) is 1.46. The van der Waals surface area contributed by atoms with Crippen molar-refractivity contribution in [2.75, 3.05) is 12.3 Å². The number of aryl methyl sites for hydroxylation is 1. The molecule has 2 aromatic rings. The maximum atomic E-state index is 12.1. The number of thioether (sulfide) groups is 1. The third kappa shape index (κ3) is 5.58. The predicted molar refractivity (Wildman–Crippen MR) is 110 cm³/mol. The average Bonchev–Trinajstić information content (AvgIpc) is 2.86. The van der Waals surface area contributed by atoms with Crippen molar-refractivity contribution in [2.45, 2.75) is 69.7 Å². The lowest BCUT2D eigenvalue weighted by Crippen LogP contribution is -2.28. The molecule has 0 unspecified atom stereocenters. The first kappa shape index (κ1) is 19.9. The molecule has 1 aromatic heterocycles. The lowest BCUT2D eigenvalue weighted by molar-refractivity contribution is -0.118. The number of fused-ring (bicyclic) bond motifs is 1. The van der Waals surface area contributed by atoms with E-state index in [4.69, 9.17) is 0 Å². The van der Waals surface area contributed by atoms with Crippen molar-refractivity contribution in [3.63, 3.8) is 0 Å². The molecule has 6 heteroatoms. The number of nitrogens with zero attached hydrogens (tertiary/aromatic N) is 3. The molecule has 1 aliphatic heterocycles. The number of carbonyl (C=O) groups is 1. The number of carbonyl (C=O) groups excluding carboxylic acids is 1. The number of rotatable bonds is 6. The van der Waals surface area contributed by atoms with Gasteiger partial charge in [-0.05, 0) is 36.0 Å².